The summed E-state index contributed by atoms with van der Waals surface area (Å²) < 4.78 is 1.22. The third kappa shape index (κ3) is 4.14. The van der Waals surface area contributed by atoms with Crippen molar-refractivity contribution in [1.82, 2.24) is 14.8 Å². The maximum absolute atomic E-state index is 12.8. The first-order chi connectivity index (χ1) is 13.1. The predicted octanol–water partition coefficient (Wildman–Crippen LogP) is 2.20. The average molecular weight is 387 g/mol. The molecule has 0 saturated carbocycles. The van der Waals surface area contributed by atoms with Gasteiger partial charge in [-0.3, -0.25) is 14.5 Å². The number of para-hydroxylation sites is 1. The number of primary amides is 1. The van der Waals surface area contributed by atoms with Gasteiger partial charge in [0, 0.05) is 24.9 Å². The van der Waals surface area contributed by atoms with Crippen molar-refractivity contribution in [2.45, 2.75) is 31.6 Å². The minimum absolute atomic E-state index is 0.0326. The Morgan fingerprint density at radius 3 is 2.67 bits per heavy atom. The van der Waals surface area contributed by atoms with E-state index in [4.69, 9.17) is 10.7 Å². The van der Waals surface area contributed by atoms with Gasteiger partial charge in [0.05, 0.1) is 21.8 Å². The summed E-state index contributed by atoms with van der Waals surface area (Å²) in [6.07, 6.45) is 3.64. The molecule has 2 fully saturated rings. The van der Waals surface area contributed by atoms with E-state index in [1.807, 2.05) is 17.0 Å². The van der Waals surface area contributed by atoms with Gasteiger partial charge in [-0.25, -0.2) is 4.98 Å². The van der Waals surface area contributed by atoms with Crippen molar-refractivity contribution < 1.29 is 9.59 Å². The van der Waals surface area contributed by atoms with Crippen molar-refractivity contribution in [3.8, 4) is 0 Å². The second-order valence-electron chi connectivity index (χ2n) is 7.65. The zero-order valence-corrected chi connectivity index (χ0v) is 16.3. The van der Waals surface area contributed by atoms with Crippen LogP contribution in [0.25, 0.3) is 10.2 Å². The molecule has 1 aromatic carbocycles. The summed E-state index contributed by atoms with van der Waals surface area (Å²) in [6, 6.07) is 8.22. The van der Waals surface area contributed by atoms with Gasteiger partial charge >= 0.3 is 0 Å². The maximum atomic E-state index is 12.8. The summed E-state index contributed by atoms with van der Waals surface area (Å²) >= 11 is 1.75. The lowest BCUT2D eigenvalue weighted by Gasteiger charge is -2.35. The third-order valence-electron chi connectivity index (χ3n) is 5.78. The van der Waals surface area contributed by atoms with E-state index < -0.39 is 0 Å². The number of nitrogens with zero attached hydrogens (tertiary/aromatic N) is 3. The first-order valence-corrected chi connectivity index (χ1v) is 10.6. The first-order valence-electron chi connectivity index (χ1n) is 9.75. The third-order valence-corrected chi connectivity index (χ3v) is 6.98. The Bertz CT molecular complexity index is 795. The summed E-state index contributed by atoms with van der Waals surface area (Å²) in [5.41, 5.74) is 6.45. The van der Waals surface area contributed by atoms with E-state index in [9.17, 15) is 9.59 Å². The van der Waals surface area contributed by atoms with Crippen molar-refractivity contribution >= 4 is 33.4 Å². The molecule has 0 unspecified atom stereocenters. The Kier molecular flexibility index (Phi) is 5.41. The smallest absolute Gasteiger partial charge is 0.236 e. The molecular formula is C20H26N4O2S. The van der Waals surface area contributed by atoms with Crippen LogP contribution < -0.4 is 5.73 Å². The molecular weight excluding hydrogens is 360 g/mol. The Hall–Kier alpha value is -1.99. The minimum atomic E-state index is -0.212. The number of carbonyl (C=O) groups is 2. The van der Waals surface area contributed by atoms with E-state index in [-0.39, 0.29) is 17.7 Å². The molecule has 4 rings (SSSR count). The van der Waals surface area contributed by atoms with E-state index in [0.29, 0.717) is 12.5 Å². The van der Waals surface area contributed by atoms with Gasteiger partial charge in [-0.2, -0.15) is 0 Å². The molecule has 1 atom stereocenters. The molecule has 2 aliphatic rings. The Morgan fingerprint density at radius 2 is 1.93 bits per heavy atom. The number of nitrogens with two attached hydrogens (primary N) is 1. The van der Waals surface area contributed by atoms with E-state index in [1.165, 1.54) is 4.70 Å². The van der Waals surface area contributed by atoms with Crippen LogP contribution in [0.2, 0.25) is 0 Å². The quantitative estimate of drug-likeness (QED) is 0.874. The van der Waals surface area contributed by atoms with Crippen molar-refractivity contribution in [2.75, 3.05) is 32.7 Å². The highest BCUT2D eigenvalue weighted by molar-refractivity contribution is 7.18. The lowest BCUT2D eigenvalue weighted by Crippen LogP contribution is -2.47. The van der Waals surface area contributed by atoms with Crippen LogP contribution in [0, 0.1) is 5.92 Å². The molecule has 0 spiro atoms. The molecule has 0 bridgehead atoms. The second kappa shape index (κ2) is 7.94. The van der Waals surface area contributed by atoms with Crippen LogP contribution in [0.1, 0.15) is 36.6 Å². The molecule has 2 N–H and O–H groups in total. The monoisotopic (exact) mass is 386 g/mol. The lowest BCUT2D eigenvalue weighted by molar-refractivity contribution is -0.134. The normalized spacial score (nSPS) is 22.2. The first kappa shape index (κ1) is 18.4. The van der Waals surface area contributed by atoms with Crippen LogP contribution in [-0.4, -0.2) is 59.3 Å². The summed E-state index contributed by atoms with van der Waals surface area (Å²) in [6.45, 7) is 3.58. The molecule has 144 valence electrons. The number of carbonyl (C=O) groups excluding carboxylic acids is 2. The zero-order chi connectivity index (χ0) is 18.8. The zero-order valence-electron chi connectivity index (χ0n) is 15.5. The fourth-order valence-corrected chi connectivity index (χ4v) is 5.23. The largest absolute Gasteiger partial charge is 0.369 e. The predicted molar refractivity (Wildman–Crippen MR) is 107 cm³/mol. The van der Waals surface area contributed by atoms with Gasteiger partial charge in [0.25, 0.3) is 0 Å². The molecule has 2 aromatic rings. The number of aromatic nitrogens is 1. The fraction of sp³-hybridized carbons (Fsp3) is 0.550. The van der Waals surface area contributed by atoms with Gasteiger partial charge < -0.3 is 10.6 Å². The number of amides is 2. The van der Waals surface area contributed by atoms with Crippen LogP contribution in [0.4, 0.5) is 0 Å². The van der Waals surface area contributed by atoms with Crippen molar-refractivity contribution in [1.29, 1.82) is 0 Å². The fourth-order valence-electron chi connectivity index (χ4n) is 4.14. The highest BCUT2D eigenvalue weighted by atomic mass is 32.1. The maximum Gasteiger partial charge on any atom is 0.236 e. The number of rotatable bonds is 4. The van der Waals surface area contributed by atoms with Crippen molar-refractivity contribution in [2.24, 2.45) is 11.7 Å². The highest BCUT2D eigenvalue weighted by Crippen LogP contribution is 2.33. The van der Waals surface area contributed by atoms with Crippen LogP contribution in [0.3, 0.4) is 0 Å². The van der Waals surface area contributed by atoms with Gasteiger partial charge in [-0.15, -0.1) is 11.3 Å². The number of thiazole rings is 1. The summed E-state index contributed by atoms with van der Waals surface area (Å²) in [5.74, 6) is 0.282. The summed E-state index contributed by atoms with van der Waals surface area (Å²) in [5, 5.41) is 1.15. The molecule has 0 radical (unpaired) electrons. The number of fused-ring (bicyclic) bond motifs is 1. The second-order valence-corrected chi connectivity index (χ2v) is 8.71. The number of piperidine rings is 2. The van der Waals surface area contributed by atoms with Crippen LogP contribution in [-0.2, 0) is 9.59 Å². The van der Waals surface area contributed by atoms with Gasteiger partial charge in [-0.1, -0.05) is 12.1 Å². The molecule has 7 heteroatoms. The molecule has 2 saturated heterocycles. The van der Waals surface area contributed by atoms with Crippen LogP contribution in [0.5, 0.6) is 0 Å². The molecule has 27 heavy (non-hydrogen) atoms. The minimum Gasteiger partial charge on any atom is -0.369 e. The Balaban J connectivity index is 1.35. The van der Waals surface area contributed by atoms with Gasteiger partial charge in [0.15, 0.2) is 0 Å². The van der Waals surface area contributed by atoms with Gasteiger partial charge in [0.1, 0.15) is 0 Å². The molecule has 6 nitrogen and oxygen atoms in total. The molecule has 1 aromatic heterocycles. The summed E-state index contributed by atoms with van der Waals surface area (Å²) in [7, 11) is 0. The van der Waals surface area contributed by atoms with Crippen molar-refractivity contribution in [3.63, 3.8) is 0 Å². The van der Waals surface area contributed by atoms with Crippen molar-refractivity contribution in [3.05, 3.63) is 29.3 Å². The van der Waals surface area contributed by atoms with E-state index in [1.54, 1.807) is 11.3 Å². The number of hydrogen-bond donors (Lipinski definition) is 1. The topological polar surface area (TPSA) is 79.5 Å². The number of hydrogen-bond acceptors (Lipinski definition) is 5. The van der Waals surface area contributed by atoms with Crippen LogP contribution in [0.15, 0.2) is 24.3 Å². The van der Waals surface area contributed by atoms with E-state index in [2.05, 4.69) is 17.0 Å². The molecule has 2 amide bonds. The molecule has 3 heterocycles. The van der Waals surface area contributed by atoms with Gasteiger partial charge in [-0.05, 0) is 50.9 Å². The Labute approximate surface area is 163 Å². The average Bonchev–Trinajstić information content (AvgIpc) is 3.13. The number of likely N-dealkylation sites (tertiary alicyclic amines) is 2. The lowest BCUT2D eigenvalue weighted by atomic mass is 9.96. The van der Waals surface area contributed by atoms with E-state index >= 15 is 0 Å². The SMILES string of the molecule is NC(=O)C1CCN(CC(=O)N2CCC[C@H](c3nc4ccccc4s3)C2)CC1. The Morgan fingerprint density at radius 1 is 1.15 bits per heavy atom. The number of benzene rings is 1. The standard InChI is InChI=1S/C20H26N4O2S/c21-19(26)14-7-10-23(11-8-14)13-18(25)24-9-3-4-15(12-24)20-22-16-5-1-2-6-17(16)27-20/h1-2,5-6,14-15H,3-4,7-13H2,(H2,21,26)/t15-/m0/s1. The van der Waals surface area contributed by atoms with Crippen LogP contribution >= 0.6 is 11.3 Å². The highest BCUT2D eigenvalue weighted by Gasteiger charge is 2.29. The van der Waals surface area contributed by atoms with E-state index in [0.717, 1.165) is 62.4 Å². The molecule has 2 aliphatic heterocycles. The summed E-state index contributed by atoms with van der Waals surface area (Å²) in [4.78, 5) is 33.0. The van der Waals surface area contributed by atoms with Gasteiger partial charge in [0.2, 0.25) is 11.8 Å². The molecule has 0 aliphatic carbocycles.